The summed E-state index contributed by atoms with van der Waals surface area (Å²) in [6, 6.07) is 0. The maximum Gasteiger partial charge on any atom is 0.306 e. The Morgan fingerprint density at radius 1 is 0.523 bits per heavy atom. The molecule has 256 valence electrons. The van der Waals surface area contributed by atoms with Gasteiger partial charge in [0.2, 0.25) is 0 Å². The van der Waals surface area contributed by atoms with E-state index in [2.05, 4.69) is 57.2 Å². The third kappa shape index (κ3) is 33.0. The van der Waals surface area contributed by atoms with Gasteiger partial charge >= 0.3 is 11.9 Å². The molecule has 0 bridgehead atoms. The van der Waals surface area contributed by atoms with Crippen LogP contribution in [0.4, 0.5) is 0 Å². The highest BCUT2D eigenvalue weighted by Crippen LogP contribution is 2.12. The van der Waals surface area contributed by atoms with Crippen LogP contribution in [0.2, 0.25) is 0 Å². The highest BCUT2D eigenvalue weighted by Gasteiger charge is 2.17. The van der Waals surface area contributed by atoms with Crippen LogP contribution in [-0.4, -0.2) is 37.9 Å². The molecule has 0 amide bonds. The average Bonchev–Trinajstić information content (AvgIpc) is 3.02. The first-order chi connectivity index (χ1) is 21.6. The normalized spacial score (nSPS) is 12.5. The van der Waals surface area contributed by atoms with Gasteiger partial charge in [-0.05, 0) is 51.4 Å². The molecule has 1 atom stereocenters. The molecule has 1 unspecified atom stereocenters. The summed E-state index contributed by atoms with van der Waals surface area (Å²) in [6.07, 6.45) is 38.7. The summed E-state index contributed by atoms with van der Waals surface area (Å²) in [4.78, 5) is 24.8. The van der Waals surface area contributed by atoms with E-state index in [4.69, 9.17) is 14.2 Å². The van der Waals surface area contributed by atoms with Crippen molar-refractivity contribution in [3.63, 3.8) is 0 Å². The minimum Gasteiger partial charge on any atom is -0.462 e. The van der Waals surface area contributed by atoms with Gasteiger partial charge in [-0.25, -0.2) is 0 Å². The van der Waals surface area contributed by atoms with Crippen molar-refractivity contribution in [1.82, 2.24) is 0 Å². The summed E-state index contributed by atoms with van der Waals surface area (Å²) in [6.45, 7) is 7.58. The van der Waals surface area contributed by atoms with Gasteiger partial charge in [-0.15, -0.1) is 0 Å². The first kappa shape index (κ1) is 42.1. The van der Waals surface area contributed by atoms with Gasteiger partial charge in [0, 0.05) is 19.4 Å². The highest BCUT2D eigenvalue weighted by molar-refractivity contribution is 5.70. The zero-order valence-corrected chi connectivity index (χ0v) is 29.2. The second kappa shape index (κ2) is 35.6. The third-order valence-corrected chi connectivity index (χ3v) is 7.69. The van der Waals surface area contributed by atoms with Crippen molar-refractivity contribution in [2.45, 2.75) is 181 Å². The van der Waals surface area contributed by atoms with Crippen LogP contribution in [0.15, 0.2) is 36.5 Å². The molecule has 0 aromatic carbocycles. The van der Waals surface area contributed by atoms with Gasteiger partial charge in [0.25, 0.3) is 0 Å². The smallest absolute Gasteiger partial charge is 0.306 e. The minimum absolute atomic E-state index is 0.0784. The van der Waals surface area contributed by atoms with Crippen molar-refractivity contribution in [1.29, 1.82) is 0 Å². The number of allylic oxidation sites excluding steroid dienone is 6. The standard InChI is InChI=1S/C39H70O5/c1-4-7-10-13-16-17-18-19-20-21-22-25-28-31-34-42-35-37(44-39(41)33-30-27-24-15-12-9-6-3)36-43-38(40)32-29-26-23-14-11-8-5-2/h7,10,16-17,19-20,37H,4-6,8-9,11-15,18,21-36H2,1-3H3/b10-7-,17-16-,20-19-. The van der Waals surface area contributed by atoms with Gasteiger partial charge in [0.15, 0.2) is 6.10 Å². The predicted octanol–water partition coefficient (Wildman–Crippen LogP) is 11.5. The van der Waals surface area contributed by atoms with Gasteiger partial charge in [-0.2, -0.15) is 0 Å². The van der Waals surface area contributed by atoms with E-state index in [1.165, 1.54) is 77.0 Å². The molecule has 0 aromatic heterocycles. The van der Waals surface area contributed by atoms with Crippen molar-refractivity contribution in [2.75, 3.05) is 19.8 Å². The van der Waals surface area contributed by atoms with Crippen molar-refractivity contribution in [2.24, 2.45) is 0 Å². The number of unbranched alkanes of at least 4 members (excludes halogenated alkanes) is 16. The molecule has 0 spiro atoms. The van der Waals surface area contributed by atoms with E-state index in [0.717, 1.165) is 64.2 Å². The van der Waals surface area contributed by atoms with Crippen molar-refractivity contribution in [3.8, 4) is 0 Å². The van der Waals surface area contributed by atoms with Crippen LogP contribution in [0, 0.1) is 0 Å². The molecular formula is C39H70O5. The van der Waals surface area contributed by atoms with Crippen molar-refractivity contribution in [3.05, 3.63) is 36.5 Å². The first-order valence-corrected chi connectivity index (χ1v) is 18.5. The van der Waals surface area contributed by atoms with Crippen LogP contribution < -0.4 is 0 Å². The fourth-order valence-electron chi connectivity index (χ4n) is 4.93. The molecule has 0 aliphatic rings. The maximum atomic E-state index is 12.5. The number of carbonyl (C=O) groups is 2. The van der Waals surface area contributed by atoms with E-state index < -0.39 is 6.10 Å². The molecule has 44 heavy (non-hydrogen) atoms. The average molecular weight is 619 g/mol. The lowest BCUT2D eigenvalue weighted by atomic mass is 10.1. The molecule has 0 saturated carbocycles. The molecule has 0 N–H and O–H groups in total. The second-order valence-corrected chi connectivity index (χ2v) is 12.1. The largest absolute Gasteiger partial charge is 0.462 e. The molecule has 0 aliphatic heterocycles. The monoisotopic (exact) mass is 619 g/mol. The lowest BCUT2D eigenvalue weighted by molar-refractivity contribution is -0.163. The summed E-state index contributed by atoms with van der Waals surface area (Å²) < 4.78 is 17.1. The Kier molecular flexibility index (Phi) is 34.1. The number of esters is 2. The molecular weight excluding hydrogens is 548 g/mol. The lowest BCUT2D eigenvalue weighted by Gasteiger charge is -2.18. The van der Waals surface area contributed by atoms with Gasteiger partial charge in [-0.1, -0.05) is 147 Å². The molecule has 0 aromatic rings. The summed E-state index contributed by atoms with van der Waals surface area (Å²) in [5.74, 6) is -0.423. The van der Waals surface area contributed by atoms with Crippen LogP contribution in [0.5, 0.6) is 0 Å². The SMILES string of the molecule is CC/C=C\C/C=C\C/C=C\CCCCCCOCC(COC(=O)CCCCCCCCC)OC(=O)CCCCCCCCC. The van der Waals surface area contributed by atoms with Gasteiger partial charge < -0.3 is 14.2 Å². The third-order valence-electron chi connectivity index (χ3n) is 7.69. The Balaban J connectivity index is 4.21. The van der Waals surface area contributed by atoms with Crippen molar-refractivity contribution < 1.29 is 23.8 Å². The molecule has 0 rings (SSSR count). The molecule has 0 radical (unpaired) electrons. The number of hydrogen-bond donors (Lipinski definition) is 0. The Labute approximate surface area is 272 Å². The van der Waals surface area contributed by atoms with Crippen LogP contribution in [0.25, 0.3) is 0 Å². The van der Waals surface area contributed by atoms with E-state index in [-0.39, 0.29) is 25.2 Å². The zero-order chi connectivity index (χ0) is 32.2. The number of carbonyl (C=O) groups excluding carboxylic acids is 2. The lowest BCUT2D eigenvalue weighted by Crippen LogP contribution is -2.30. The fraction of sp³-hybridized carbons (Fsp3) is 0.795. The molecule has 0 fully saturated rings. The summed E-state index contributed by atoms with van der Waals surface area (Å²) in [5.41, 5.74) is 0. The predicted molar refractivity (Wildman–Crippen MR) is 187 cm³/mol. The van der Waals surface area contributed by atoms with E-state index in [0.29, 0.717) is 19.4 Å². The molecule has 5 heteroatoms. The minimum atomic E-state index is -0.535. The zero-order valence-electron chi connectivity index (χ0n) is 29.2. The topological polar surface area (TPSA) is 61.8 Å². The van der Waals surface area contributed by atoms with Gasteiger partial charge in [0.05, 0.1) is 6.61 Å². The van der Waals surface area contributed by atoms with Crippen LogP contribution in [-0.2, 0) is 23.8 Å². The first-order valence-electron chi connectivity index (χ1n) is 18.5. The molecule has 0 saturated heterocycles. The van der Waals surface area contributed by atoms with E-state index in [1.807, 2.05) is 0 Å². The van der Waals surface area contributed by atoms with E-state index in [1.54, 1.807) is 0 Å². The summed E-state index contributed by atoms with van der Waals surface area (Å²) >= 11 is 0. The Morgan fingerprint density at radius 2 is 1.02 bits per heavy atom. The van der Waals surface area contributed by atoms with Crippen LogP contribution in [0.1, 0.15) is 175 Å². The quantitative estimate of drug-likeness (QED) is 0.0416. The van der Waals surface area contributed by atoms with Crippen LogP contribution in [0.3, 0.4) is 0 Å². The fourth-order valence-corrected chi connectivity index (χ4v) is 4.93. The summed E-state index contributed by atoms with van der Waals surface area (Å²) in [5, 5.41) is 0. The van der Waals surface area contributed by atoms with E-state index >= 15 is 0 Å². The Morgan fingerprint density at radius 3 is 1.64 bits per heavy atom. The Hall–Kier alpha value is -1.88. The second-order valence-electron chi connectivity index (χ2n) is 12.1. The molecule has 0 heterocycles. The highest BCUT2D eigenvalue weighted by atomic mass is 16.6. The Bertz CT molecular complexity index is 711. The molecule has 0 aliphatic carbocycles. The number of ether oxygens (including phenoxy) is 3. The number of hydrogen-bond acceptors (Lipinski definition) is 5. The van der Waals surface area contributed by atoms with Crippen LogP contribution >= 0.6 is 0 Å². The number of rotatable bonds is 33. The maximum absolute atomic E-state index is 12.5. The van der Waals surface area contributed by atoms with E-state index in [9.17, 15) is 9.59 Å². The summed E-state index contributed by atoms with van der Waals surface area (Å²) in [7, 11) is 0. The van der Waals surface area contributed by atoms with Gasteiger partial charge in [0.1, 0.15) is 6.61 Å². The van der Waals surface area contributed by atoms with Crippen molar-refractivity contribution >= 4 is 11.9 Å². The molecule has 5 nitrogen and oxygen atoms in total. The van der Waals surface area contributed by atoms with Gasteiger partial charge in [-0.3, -0.25) is 9.59 Å².